The molecule has 0 aromatic carbocycles. The predicted octanol–water partition coefficient (Wildman–Crippen LogP) is 0.719. The second-order valence-electron chi connectivity index (χ2n) is 2.65. The topological polar surface area (TPSA) is 37.4 Å². The molecule has 0 amide bonds. The lowest BCUT2D eigenvalue weighted by molar-refractivity contribution is 0.286. The summed E-state index contributed by atoms with van der Waals surface area (Å²) in [5.41, 5.74) is 0. The molecule has 0 bridgehead atoms. The van der Waals surface area contributed by atoms with Crippen molar-refractivity contribution in [1.82, 2.24) is 4.90 Å². The predicted molar refractivity (Wildman–Crippen MR) is 47.2 cm³/mol. The summed E-state index contributed by atoms with van der Waals surface area (Å²) in [5, 5.41) is -0.350. The fourth-order valence-electron chi connectivity index (χ4n) is 1.01. The number of rotatable bonds is 4. The Bertz CT molecular complexity index is 194. The van der Waals surface area contributed by atoms with E-state index in [1.165, 1.54) is 6.26 Å². The molecule has 0 aromatic rings. The van der Waals surface area contributed by atoms with Crippen LogP contribution >= 0.6 is 0 Å². The van der Waals surface area contributed by atoms with E-state index in [4.69, 9.17) is 0 Å². The van der Waals surface area contributed by atoms with Crippen molar-refractivity contribution in [3.63, 3.8) is 0 Å². The van der Waals surface area contributed by atoms with Gasteiger partial charge in [0.15, 0.2) is 9.84 Å². The van der Waals surface area contributed by atoms with Crippen LogP contribution in [0, 0.1) is 0 Å². The summed E-state index contributed by atoms with van der Waals surface area (Å²) in [7, 11) is -2.90. The lowest BCUT2D eigenvalue weighted by Crippen LogP contribution is -2.38. The first kappa shape index (κ1) is 10.9. The zero-order chi connectivity index (χ0) is 9.07. The standard InChI is InChI=1S/C7H17NO2S/c1-5-8(6-2)7(3)11(4,9)10/h7H,5-6H2,1-4H3. The second kappa shape index (κ2) is 4.07. The van der Waals surface area contributed by atoms with Gasteiger partial charge in [-0.15, -0.1) is 0 Å². The van der Waals surface area contributed by atoms with Crippen LogP contribution in [0.2, 0.25) is 0 Å². The van der Waals surface area contributed by atoms with Crippen LogP contribution in [-0.4, -0.2) is 38.0 Å². The molecule has 3 nitrogen and oxygen atoms in total. The van der Waals surface area contributed by atoms with Gasteiger partial charge in [0.2, 0.25) is 0 Å². The summed E-state index contributed by atoms with van der Waals surface area (Å²) in [4.78, 5) is 1.91. The third-order valence-corrected chi connectivity index (χ3v) is 3.48. The molecule has 0 aromatic heterocycles. The van der Waals surface area contributed by atoms with Gasteiger partial charge in [-0.2, -0.15) is 0 Å². The Morgan fingerprint density at radius 2 is 1.64 bits per heavy atom. The average molecular weight is 179 g/mol. The van der Waals surface area contributed by atoms with Gasteiger partial charge in [-0.05, 0) is 20.0 Å². The van der Waals surface area contributed by atoms with E-state index in [1.807, 2.05) is 18.7 Å². The molecule has 11 heavy (non-hydrogen) atoms. The Morgan fingerprint density at radius 3 is 1.73 bits per heavy atom. The Hall–Kier alpha value is -0.0900. The van der Waals surface area contributed by atoms with Crippen molar-refractivity contribution in [2.45, 2.75) is 26.1 Å². The summed E-state index contributed by atoms with van der Waals surface area (Å²) < 4.78 is 22.1. The van der Waals surface area contributed by atoms with Crippen LogP contribution in [0.1, 0.15) is 20.8 Å². The maximum absolute atomic E-state index is 11.0. The third kappa shape index (κ3) is 3.20. The maximum atomic E-state index is 11.0. The fourth-order valence-corrected chi connectivity index (χ4v) is 1.85. The molecule has 0 spiro atoms. The molecule has 0 aliphatic rings. The highest BCUT2D eigenvalue weighted by Crippen LogP contribution is 2.04. The molecular weight excluding hydrogens is 162 g/mol. The first-order valence-corrected chi connectivity index (χ1v) is 5.81. The molecule has 0 radical (unpaired) electrons. The minimum atomic E-state index is -2.90. The van der Waals surface area contributed by atoms with Crippen LogP contribution in [0.25, 0.3) is 0 Å². The van der Waals surface area contributed by atoms with Crippen molar-refractivity contribution in [3.8, 4) is 0 Å². The second-order valence-corrected chi connectivity index (χ2v) is 4.99. The molecule has 0 aliphatic heterocycles. The number of nitrogens with zero attached hydrogens (tertiary/aromatic N) is 1. The van der Waals surface area contributed by atoms with E-state index in [-0.39, 0.29) is 5.37 Å². The fraction of sp³-hybridized carbons (Fsp3) is 1.00. The zero-order valence-corrected chi connectivity index (χ0v) is 8.48. The molecule has 1 unspecified atom stereocenters. The van der Waals surface area contributed by atoms with E-state index in [0.717, 1.165) is 13.1 Å². The molecular formula is C7H17NO2S. The molecule has 0 rings (SSSR count). The van der Waals surface area contributed by atoms with E-state index in [1.54, 1.807) is 6.92 Å². The number of sulfone groups is 1. The third-order valence-electron chi connectivity index (χ3n) is 1.95. The minimum Gasteiger partial charge on any atom is -0.288 e. The van der Waals surface area contributed by atoms with Crippen molar-refractivity contribution in [2.24, 2.45) is 0 Å². The Labute approximate surface area is 69.3 Å². The highest BCUT2D eigenvalue weighted by molar-refractivity contribution is 7.91. The van der Waals surface area contributed by atoms with E-state index in [2.05, 4.69) is 0 Å². The van der Waals surface area contributed by atoms with E-state index in [9.17, 15) is 8.42 Å². The van der Waals surface area contributed by atoms with Gasteiger partial charge in [0.1, 0.15) is 5.37 Å². The lowest BCUT2D eigenvalue weighted by Gasteiger charge is -2.24. The van der Waals surface area contributed by atoms with Gasteiger partial charge in [-0.1, -0.05) is 13.8 Å². The zero-order valence-electron chi connectivity index (χ0n) is 7.66. The van der Waals surface area contributed by atoms with E-state index in [0.29, 0.717) is 0 Å². The first-order valence-electron chi connectivity index (χ1n) is 3.86. The van der Waals surface area contributed by atoms with Gasteiger partial charge in [-0.3, -0.25) is 4.90 Å². The quantitative estimate of drug-likeness (QED) is 0.638. The van der Waals surface area contributed by atoms with Crippen LogP contribution in [-0.2, 0) is 9.84 Å². The molecule has 0 N–H and O–H groups in total. The van der Waals surface area contributed by atoms with Gasteiger partial charge in [-0.25, -0.2) is 8.42 Å². The van der Waals surface area contributed by atoms with Crippen molar-refractivity contribution < 1.29 is 8.42 Å². The lowest BCUT2D eigenvalue weighted by atomic mass is 10.5. The molecule has 68 valence electrons. The molecule has 0 fully saturated rings. The van der Waals surface area contributed by atoms with Crippen LogP contribution in [0.4, 0.5) is 0 Å². The molecule has 0 heterocycles. The number of hydrogen-bond donors (Lipinski definition) is 0. The van der Waals surface area contributed by atoms with Crippen molar-refractivity contribution in [3.05, 3.63) is 0 Å². The molecule has 0 saturated heterocycles. The summed E-state index contributed by atoms with van der Waals surface area (Å²) in [6, 6.07) is 0. The Kier molecular flexibility index (Phi) is 4.03. The van der Waals surface area contributed by atoms with Crippen molar-refractivity contribution in [1.29, 1.82) is 0 Å². The summed E-state index contributed by atoms with van der Waals surface area (Å²) in [5.74, 6) is 0. The van der Waals surface area contributed by atoms with Gasteiger partial charge in [0, 0.05) is 6.26 Å². The van der Waals surface area contributed by atoms with Crippen molar-refractivity contribution in [2.75, 3.05) is 19.3 Å². The Morgan fingerprint density at radius 1 is 1.27 bits per heavy atom. The highest BCUT2D eigenvalue weighted by atomic mass is 32.2. The van der Waals surface area contributed by atoms with Crippen LogP contribution in [0.15, 0.2) is 0 Å². The summed E-state index contributed by atoms with van der Waals surface area (Å²) in [6.07, 6.45) is 1.27. The number of hydrogen-bond acceptors (Lipinski definition) is 3. The Balaban J connectivity index is 4.33. The first-order chi connectivity index (χ1) is 4.93. The van der Waals surface area contributed by atoms with Gasteiger partial charge in [0.25, 0.3) is 0 Å². The smallest absolute Gasteiger partial charge is 0.163 e. The van der Waals surface area contributed by atoms with Crippen LogP contribution < -0.4 is 0 Å². The molecule has 0 saturated carbocycles. The van der Waals surface area contributed by atoms with Gasteiger partial charge >= 0.3 is 0 Å². The van der Waals surface area contributed by atoms with E-state index >= 15 is 0 Å². The van der Waals surface area contributed by atoms with E-state index < -0.39 is 9.84 Å². The minimum absolute atomic E-state index is 0.350. The molecule has 1 atom stereocenters. The van der Waals surface area contributed by atoms with Crippen LogP contribution in [0.5, 0.6) is 0 Å². The van der Waals surface area contributed by atoms with Crippen LogP contribution in [0.3, 0.4) is 0 Å². The normalized spacial score (nSPS) is 15.4. The summed E-state index contributed by atoms with van der Waals surface area (Å²) in [6.45, 7) is 7.22. The maximum Gasteiger partial charge on any atom is 0.163 e. The van der Waals surface area contributed by atoms with Gasteiger partial charge < -0.3 is 0 Å². The largest absolute Gasteiger partial charge is 0.288 e. The average Bonchev–Trinajstić information content (AvgIpc) is 1.88. The SMILES string of the molecule is CCN(CC)C(C)S(C)(=O)=O. The summed E-state index contributed by atoms with van der Waals surface area (Å²) >= 11 is 0. The monoisotopic (exact) mass is 179 g/mol. The molecule has 0 aliphatic carbocycles. The molecule has 4 heteroatoms. The van der Waals surface area contributed by atoms with Crippen molar-refractivity contribution >= 4 is 9.84 Å². The highest BCUT2D eigenvalue weighted by Gasteiger charge is 2.19. The van der Waals surface area contributed by atoms with Gasteiger partial charge in [0.05, 0.1) is 0 Å².